The number of hydrogen-bond acceptors (Lipinski definition) is 7. The van der Waals surface area contributed by atoms with Gasteiger partial charge in [0.05, 0.1) is 25.5 Å². The standard InChI is InChI=1S/C20H17N3O4S/c1-25-14-7-8-18(26-2)15(9-14)16-12-28-20(22-16)23-19(24)11-27-17-6-4-3-5-13(17)10-21/h3-9,12H,11H2,1-2H3,(H,22,23,24). The van der Waals surface area contributed by atoms with Crippen LogP contribution in [-0.2, 0) is 4.79 Å². The lowest BCUT2D eigenvalue weighted by molar-refractivity contribution is -0.118. The predicted octanol–water partition coefficient (Wildman–Crippen LogP) is 3.72. The Morgan fingerprint density at radius 1 is 1.18 bits per heavy atom. The molecule has 0 saturated carbocycles. The number of ether oxygens (including phenoxy) is 3. The minimum Gasteiger partial charge on any atom is -0.497 e. The van der Waals surface area contributed by atoms with E-state index in [1.165, 1.54) is 11.3 Å². The Labute approximate surface area is 166 Å². The van der Waals surface area contributed by atoms with Gasteiger partial charge in [0.2, 0.25) is 0 Å². The van der Waals surface area contributed by atoms with Gasteiger partial charge >= 0.3 is 0 Å². The number of anilines is 1. The number of amides is 1. The number of methoxy groups -OCH3 is 2. The minimum absolute atomic E-state index is 0.226. The van der Waals surface area contributed by atoms with Crippen LogP contribution in [-0.4, -0.2) is 31.7 Å². The summed E-state index contributed by atoms with van der Waals surface area (Å²) in [4.78, 5) is 16.6. The maximum Gasteiger partial charge on any atom is 0.264 e. The van der Waals surface area contributed by atoms with Crippen LogP contribution in [0.2, 0.25) is 0 Å². The highest BCUT2D eigenvalue weighted by atomic mass is 32.1. The fourth-order valence-corrected chi connectivity index (χ4v) is 3.18. The van der Waals surface area contributed by atoms with Gasteiger partial charge in [-0.3, -0.25) is 10.1 Å². The smallest absolute Gasteiger partial charge is 0.264 e. The molecule has 0 aliphatic rings. The highest BCUT2D eigenvalue weighted by Crippen LogP contribution is 2.35. The summed E-state index contributed by atoms with van der Waals surface area (Å²) < 4.78 is 16.1. The molecule has 7 nitrogen and oxygen atoms in total. The Bertz CT molecular complexity index is 1030. The number of nitrogens with zero attached hydrogens (tertiary/aromatic N) is 2. The third kappa shape index (κ3) is 4.39. The van der Waals surface area contributed by atoms with Gasteiger partial charge < -0.3 is 14.2 Å². The van der Waals surface area contributed by atoms with Crippen molar-refractivity contribution in [3.8, 4) is 34.6 Å². The Hall–Kier alpha value is -3.57. The Kier molecular flexibility index (Phi) is 6.09. The summed E-state index contributed by atoms with van der Waals surface area (Å²) in [7, 11) is 3.17. The molecule has 8 heteroatoms. The quantitative estimate of drug-likeness (QED) is 0.655. The topological polar surface area (TPSA) is 93.5 Å². The number of aromatic nitrogens is 1. The minimum atomic E-state index is -0.369. The highest BCUT2D eigenvalue weighted by Gasteiger charge is 2.13. The van der Waals surface area contributed by atoms with E-state index in [0.717, 1.165) is 5.56 Å². The second-order valence-corrected chi connectivity index (χ2v) is 6.41. The Morgan fingerprint density at radius 2 is 2.00 bits per heavy atom. The Balaban J connectivity index is 1.68. The Morgan fingerprint density at radius 3 is 2.75 bits per heavy atom. The zero-order valence-corrected chi connectivity index (χ0v) is 16.1. The highest BCUT2D eigenvalue weighted by molar-refractivity contribution is 7.14. The molecule has 0 atom stereocenters. The molecule has 142 valence electrons. The summed E-state index contributed by atoms with van der Waals surface area (Å²) in [5.41, 5.74) is 1.79. The lowest BCUT2D eigenvalue weighted by Crippen LogP contribution is -2.20. The van der Waals surface area contributed by atoms with Crippen molar-refractivity contribution in [2.45, 2.75) is 0 Å². The first-order chi connectivity index (χ1) is 13.6. The van der Waals surface area contributed by atoms with E-state index in [-0.39, 0.29) is 12.5 Å². The van der Waals surface area contributed by atoms with Crippen LogP contribution in [0.5, 0.6) is 17.2 Å². The largest absolute Gasteiger partial charge is 0.497 e. The molecule has 1 heterocycles. The zero-order chi connectivity index (χ0) is 19.9. The molecular weight excluding hydrogens is 378 g/mol. The van der Waals surface area contributed by atoms with Crippen LogP contribution in [0, 0.1) is 11.3 Å². The summed E-state index contributed by atoms with van der Waals surface area (Å²) in [5, 5.41) is 14.0. The molecule has 1 N–H and O–H groups in total. The van der Waals surface area contributed by atoms with Gasteiger partial charge in [-0.05, 0) is 30.3 Å². The van der Waals surface area contributed by atoms with Gasteiger partial charge in [0.25, 0.3) is 5.91 Å². The van der Waals surface area contributed by atoms with E-state index in [1.54, 1.807) is 50.6 Å². The molecule has 1 amide bonds. The zero-order valence-electron chi connectivity index (χ0n) is 15.3. The number of carbonyl (C=O) groups excluding carboxylic acids is 1. The van der Waals surface area contributed by atoms with Crippen molar-refractivity contribution < 1.29 is 19.0 Å². The molecule has 2 aromatic carbocycles. The van der Waals surface area contributed by atoms with Crippen molar-refractivity contribution >= 4 is 22.4 Å². The molecule has 0 saturated heterocycles. The molecule has 3 rings (SSSR count). The second kappa shape index (κ2) is 8.88. The molecule has 0 aliphatic heterocycles. The number of nitrogens with one attached hydrogen (secondary N) is 1. The summed E-state index contributed by atoms with van der Waals surface area (Å²) >= 11 is 1.29. The van der Waals surface area contributed by atoms with Gasteiger partial charge in [-0.1, -0.05) is 12.1 Å². The summed E-state index contributed by atoms with van der Waals surface area (Å²) in [6.07, 6.45) is 0. The summed E-state index contributed by atoms with van der Waals surface area (Å²) in [5.74, 6) is 1.33. The summed E-state index contributed by atoms with van der Waals surface area (Å²) in [6, 6.07) is 14.2. The van der Waals surface area contributed by atoms with Crippen LogP contribution in [0.25, 0.3) is 11.3 Å². The molecule has 1 aromatic heterocycles. The number of thiazole rings is 1. The molecule has 0 bridgehead atoms. The number of nitriles is 1. The second-order valence-electron chi connectivity index (χ2n) is 5.55. The first kappa shape index (κ1) is 19.2. The van der Waals surface area contributed by atoms with Gasteiger partial charge in [-0.15, -0.1) is 11.3 Å². The number of carbonyl (C=O) groups is 1. The van der Waals surface area contributed by atoms with E-state index in [2.05, 4.69) is 10.3 Å². The SMILES string of the molecule is COc1ccc(OC)c(-c2csc(NC(=O)COc3ccccc3C#N)n2)c1. The lowest BCUT2D eigenvalue weighted by atomic mass is 10.1. The first-order valence-electron chi connectivity index (χ1n) is 8.24. The third-order valence-electron chi connectivity index (χ3n) is 3.80. The van der Waals surface area contributed by atoms with E-state index < -0.39 is 0 Å². The van der Waals surface area contributed by atoms with E-state index >= 15 is 0 Å². The molecule has 3 aromatic rings. The van der Waals surface area contributed by atoms with Crippen LogP contribution < -0.4 is 19.5 Å². The van der Waals surface area contributed by atoms with Crippen molar-refractivity contribution in [1.29, 1.82) is 5.26 Å². The average Bonchev–Trinajstić information content (AvgIpc) is 3.20. The van der Waals surface area contributed by atoms with Gasteiger partial charge in [0.1, 0.15) is 23.3 Å². The van der Waals surface area contributed by atoms with E-state index in [1.807, 2.05) is 17.5 Å². The van der Waals surface area contributed by atoms with Gasteiger partial charge in [-0.25, -0.2) is 4.98 Å². The molecule has 0 spiro atoms. The van der Waals surface area contributed by atoms with Gasteiger partial charge in [-0.2, -0.15) is 5.26 Å². The van der Waals surface area contributed by atoms with Crippen LogP contribution in [0.1, 0.15) is 5.56 Å². The number of benzene rings is 2. The average molecular weight is 395 g/mol. The maximum atomic E-state index is 12.2. The van der Waals surface area contributed by atoms with Gasteiger partial charge in [0.15, 0.2) is 11.7 Å². The molecule has 0 fully saturated rings. The third-order valence-corrected chi connectivity index (χ3v) is 4.56. The first-order valence-corrected chi connectivity index (χ1v) is 9.12. The number of rotatable bonds is 7. The fraction of sp³-hybridized carbons (Fsp3) is 0.150. The number of para-hydroxylation sites is 1. The monoisotopic (exact) mass is 395 g/mol. The van der Waals surface area contributed by atoms with Gasteiger partial charge in [0, 0.05) is 10.9 Å². The van der Waals surface area contributed by atoms with Crippen LogP contribution in [0.3, 0.4) is 0 Å². The fourth-order valence-electron chi connectivity index (χ4n) is 2.45. The molecule has 28 heavy (non-hydrogen) atoms. The van der Waals surface area contributed by atoms with E-state index in [4.69, 9.17) is 19.5 Å². The molecular formula is C20H17N3O4S. The summed E-state index contributed by atoms with van der Waals surface area (Å²) in [6.45, 7) is -0.226. The molecule has 0 radical (unpaired) electrons. The number of hydrogen-bond donors (Lipinski definition) is 1. The maximum absolute atomic E-state index is 12.2. The van der Waals surface area contributed by atoms with Crippen LogP contribution in [0.4, 0.5) is 5.13 Å². The van der Waals surface area contributed by atoms with Crippen molar-refractivity contribution in [3.63, 3.8) is 0 Å². The van der Waals surface area contributed by atoms with Crippen molar-refractivity contribution in [2.75, 3.05) is 26.1 Å². The van der Waals surface area contributed by atoms with Crippen molar-refractivity contribution in [1.82, 2.24) is 4.98 Å². The van der Waals surface area contributed by atoms with Crippen molar-refractivity contribution in [3.05, 3.63) is 53.4 Å². The van der Waals surface area contributed by atoms with Crippen LogP contribution in [0.15, 0.2) is 47.8 Å². The van der Waals surface area contributed by atoms with Crippen molar-refractivity contribution in [2.24, 2.45) is 0 Å². The molecule has 0 unspecified atom stereocenters. The molecule has 0 aliphatic carbocycles. The van der Waals surface area contributed by atoms with E-state index in [0.29, 0.717) is 33.6 Å². The van der Waals surface area contributed by atoms with Crippen LogP contribution >= 0.6 is 11.3 Å². The predicted molar refractivity (Wildman–Crippen MR) is 106 cm³/mol. The lowest BCUT2D eigenvalue weighted by Gasteiger charge is -2.08. The van der Waals surface area contributed by atoms with E-state index in [9.17, 15) is 4.79 Å². The normalized spacial score (nSPS) is 10.0.